The molecule has 0 saturated heterocycles. The Labute approximate surface area is 91.5 Å². The highest BCUT2D eigenvalue weighted by atomic mass is 32.2. The summed E-state index contributed by atoms with van der Waals surface area (Å²) in [5, 5.41) is 18.5. The van der Waals surface area contributed by atoms with E-state index in [0.29, 0.717) is 11.0 Å². The van der Waals surface area contributed by atoms with Crippen molar-refractivity contribution in [2.75, 3.05) is 5.75 Å². The molecule has 1 rings (SSSR count). The number of aromatic nitrogens is 1. The Morgan fingerprint density at radius 3 is 2.60 bits per heavy atom. The molecule has 1 unspecified atom stereocenters. The van der Waals surface area contributed by atoms with Gasteiger partial charge in [-0.05, 0) is 20.8 Å². The summed E-state index contributed by atoms with van der Waals surface area (Å²) < 4.78 is 5.24. The standard InChI is InChI=1S/C9H13NO4S/c1-5-6(2)14-8(10-5)15-4-9(3,13)7(11)12/h13H,4H2,1-3H3,(H,11,12). The summed E-state index contributed by atoms with van der Waals surface area (Å²) in [6, 6.07) is 0. The van der Waals surface area contributed by atoms with Gasteiger partial charge in [-0.2, -0.15) is 0 Å². The summed E-state index contributed by atoms with van der Waals surface area (Å²) in [4.78, 5) is 14.7. The fourth-order valence-electron chi connectivity index (χ4n) is 0.769. The van der Waals surface area contributed by atoms with Crippen LogP contribution in [0, 0.1) is 13.8 Å². The van der Waals surface area contributed by atoms with Crippen molar-refractivity contribution in [1.29, 1.82) is 0 Å². The summed E-state index contributed by atoms with van der Waals surface area (Å²) in [5.74, 6) is -0.552. The smallest absolute Gasteiger partial charge is 0.336 e. The molecule has 0 bridgehead atoms. The summed E-state index contributed by atoms with van der Waals surface area (Å²) in [7, 11) is 0. The molecule has 0 aromatic carbocycles. The van der Waals surface area contributed by atoms with E-state index in [1.807, 2.05) is 0 Å². The zero-order valence-corrected chi connectivity index (χ0v) is 9.59. The van der Waals surface area contributed by atoms with E-state index in [4.69, 9.17) is 9.52 Å². The molecular weight excluding hydrogens is 218 g/mol. The number of carboxylic acid groups (broad SMARTS) is 1. The predicted octanol–water partition coefficient (Wildman–Crippen LogP) is 1.22. The van der Waals surface area contributed by atoms with Crippen molar-refractivity contribution >= 4 is 17.7 Å². The molecule has 0 aliphatic heterocycles. The Morgan fingerprint density at radius 1 is 1.60 bits per heavy atom. The van der Waals surface area contributed by atoms with Crippen molar-refractivity contribution in [2.45, 2.75) is 31.6 Å². The molecule has 0 saturated carbocycles. The van der Waals surface area contributed by atoms with Crippen LogP contribution < -0.4 is 0 Å². The van der Waals surface area contributed by atoms with Gasteiger partial charge in [-0.25, -0.2) is 9.78 Å². The minimum absolute atomic E-state index is 0.00171. The molecular formula is C9H13NO4S. The van der Waals surface area contributed by atoms with Crippen molar-refractivity contribution in [3.63, 3.8) is 0 Å². The van der Waals surface area contributed by atoms with Crippen LogP contribution in [0.3, 0.4) is 0 Å². The number of hydrogen-bond donors (Lipinski definition) is 2. The number of nitrogens with zero attached hydrogens (tertiary/aromatic N) is 1. The predicted molar refractivity (Wildman–Crippen MR) is 55.0 cm³/mol. The van der Waals surface area contributed by atoms with Gasteiger partial charge in [-0.1, -0.05) is 11.8 Å². The van der Waals surface area contributed by atoms with Gasteiger partial charge in [0.25, 0.3) is 5.22 Å². The molecule has 0 fully saturated rings. The Balaban J connectivity index is 2.61. The van der Waals surface area contributed by atoms with Crippen molar-refractivity contribution in [3.8, 4) is 0 Å². The van der Waals surface area contributed by atoms with Gasteiger partial charge in [-0.3, -0.25) is 0 Å². The molecule has 0 aliphatic carbocycles. The monoisotopic (exact) mass is 231 g/mol. The lowest BCUT2D eigenvalue weighted by Crippen LogP contribution is -2.37. The Bertz CT molecular complexity index is 353. The lowest BCUT2D eigenvalue weighted by Gasteiger charge is -2.15. The van der Waals surface area contributed by atoms with Gasteiger partial charge in [-0.15, -0.1) is 0 Å². The largest absolute Gasteiger partial charge is 0.479 e. The van der Waals surface area contributed by atoms with Crippen LogP contribution in [0.4, 0.5) is 0 Å². The number of hydrogen-bond acceptors (Lipinski definition) is 5. The Hall–Kier alpha value is -1.01. The zero-order chi connectivity index (χ0) is 11.6. The first-order chi connectivity index (χ1) is 6.83. The number of carboxylic acids is 1. The number of aliphatic carboxylic acids is 1. The third-order valence-electron chi connectivity index (χ3n) is 1.95. The highest BCUT2D eigenvalue weighted by molar-refractivity contribution is 7.99. The molecule has 0 amide bonds. The molecule has 6 heteroatoms. The van der Waals surface area contributed by atoms with E-state index >= 15 is 0 Å². The molecule has 1 heterocycles. The van der Waals surface area contributed by atoms with Crippen LogP contribution in [0.25, 0.3) is 0 Å². The molecule has 0 spiro atoms. The number of rotatable bonds is 4. The summed E-state index contributed by atoms with van der Waals surface area (Å²) in [6.07, 6.45) is 0. The van der Waals surface area contributed by atoms with E-state index in [1.54, 1.807) is 13.8 Å². The molecule has 84 valence electrons. The molecule has 1 aromatic rings. The van der Waals surface area contributed by atoms with E-state index in [0.717, 1.165) is 17.5 Å². The molecule has 5 nitrogen and oxygen atoms in total. The van der Waals surface area contributed by atoms with E-state index in [1.165, 1.54) is 6.92 Å². The van der Waals surface area contributed by atoms with Gasteiger partial charge in [0.1, 0.15) is 5.76 Å². The van der Waals surface area contributed by atoms with Crippen LogP contribution in [0.15, 0.2) is 9.64 Å². The maximum Gasteiger partial charge on any atom is 0.336 e. The normalized spacial score (nSPS) is 14.9. The highest BCUT2D eigenvalue weighted by Gasteiger charge is 2.30. The van der Waals surface area contributed by atoms with Gasteiger partial charge in [0.2, 0.25) is 0 Å². The van der Waals surface area contributed by atoms with Gasteiger partial charge >= 0.3 is 5.97 Å². The first-order valence-electron chi connectivity index (χ1n) is 4.35. The lowest BCUT2D eigenvalue weighted by atomic mass is 10.1. The number of carbonyl (C=O) groups is 1. The average molecular weight is 231 g/mol. The van der Waals surface area contributed by atoms with Gasteiger partial charge < -0.3 is 14.6 Å². The zero-order valence-electron chi connectivity index (χ0n) is 8.77. The van der Waals surface area contributed by atoms with Crippen LogP contribution in [0.1, 0.15) is 18.4 Å². The molecule has 15 heavy (non-hydrogen) atoms. The van der Waals surface area contributed by atoms with Gasteiger partial charge in [0, 0.05) is 5.75 Å². The second-order valence-electron chi connectivity index (χ2n) is 3.49. The van der Waals surface area contributed by atoms with Crippen molar-refractivity contribution in [2.24, 2.45) is 0 Å². The maximum atomic E-state index is 10.6. The summed E-state index contributed by atoms with van der Waals surface area (Å²) >= 11 is 1.08. The molecule has 1 atom stereocenters. The second kappa shape index (κ2) is 4.24. The lowest BCUT2D eigenvalue weighted by molar-refractivity contribution is -0.154. The average Bonchev–Trinajstić information content (AvgIpc) is 2.43. The Morgan fingerprint density at radius 2 is 2.20 bits per heavy atom. The van der Waals surface area contributed by atoms with E-state index < -0.39 is 11.6 Å². The van der Waals surface area contributed by atoms with Crippen molar-refractivity contribution in [3.05, 3.63) is 11.5 Å². The number of aryl methyl sites for hydroxylation is 2. The molecule has 2 N–H and O–H groups in total. The molecule has 0 radical (unpaired) electrons. The minimum Gasteiger partial charge on any atom is -0.479 e. The van der Waals surface area contributed by atoms with E-state index in [2.05, 4.69) is 4.98 Å². The van der Waals surface area contributed by atoms with Crippen molar-refractivity contribution < 1.29 is 19.4 Å². The summed E-state index contributed by atoms with van der Waals surface area (Å²) in [6.45, 7) is 4.82. The van der Waals surface area contributed by atoms with Crippen LogP contribution in [-0.2, 0) is 4.79 Å². The first-order valence-corrected chi connectivity index (χ1v) is 5.34. The molecule has 1 aromatic heterocycles. The Kier molecular flexibility index (Phi) is 3.41. The first kappa shape index (κ1) is 12.1. The minimum atomic E-state index is -1.76. The van der Waals surface area contributed by atoms with E-state index in [-0.39, 0.29) is 5.75 Å². The van der Waals surface area contributed by atoms with Crippen LogP contribution in [0.5, 0.6) is 0 Å². The van der Waals surface area contributed by atoms with Gasteiger partial charge in [0.15, 0.2) is 5.60 Å². The fourth-order valence-corrected chi connectivity index (χ4v) is 1.68. The summed E-state index contributed by atoms with van der Waals surface area (Å²) in [5.41, 5.74) is -0.992. The SMILES string of the molecule is Cc1nc(SCC(C)(O)C(=O)O)oc1C. The van der Waals surface area contributed by atoms with Gasteiger partial charge in [0.05, 0.1) is 5.69 Å². The molecule has 0 aliphatic rings. The third-order valence-corrected chi connectivity index (χ3v) is 3.07. The third kappa shape index (κ3) is 2.97. The quantitative estimate of drug-likeness (QED) is 0.758. The van der Waals surface area contributed by atoms with Crippen LogP contribution in [-0.4, -0.2) is 32.5 Å². The fraction of sp³-hybridized carbons (Fsp3) is 0.556. The topological polar surface area (TPSA) is 83.6 Å². The van der Waals surface area contributed by atoms with E-state index in [9.17, 15) is 9.90 Å². The number of thioether (sulfide) groups is 1. The number of oxazole rings is 1. The van der Waals surface area contributed by atoms with Crippen LogP contribution in [0.2, 0.25) is 0 Å². The van der Waals surface area contributed by atoms with Crippen molar-refractivity contribution in [1.82, 2.24) is 4.98 Å². The highest BCUT2D eigenvalue weighted by Crippen LogP contribution is 2.23. The maximum absolute atomic E-state index is 10.6. The number of aliphatic hydroxyl groups is 1. The second-order valence-corrected chi connectivity index (χ2v) is 4.42. The van der Waals surface area contributed by atoms with Crippen LogP contribution >= 0.6 is 11.8 Å².